The average molecular weight is 336 g/mol. The van der Waals surface area contributed by atoms with E-state index in [1.54, 1.807) is 54.6 Å². The van der Waals surface area contributed by atoms with Crippen molar-refractivity contribution >= 4 is 5.97 Å². The molecule has 2 N–H and O–H groups in total. The monoisotopic (exact) mass is 336 g/mol. The zero-order chi connectivity index (χ0) is 17.6. The third-order valence-corrected chi connectivity index (χ3v) is 4.09. The normalized spacial score (nSPS) is 15.7. The van der Waals surface area contributed by atoms with Crippen LogP contribution in [0.15, 0.2) is 64.2 Å². The van der Waals surface area contributed by atoms with Crippen LogP contribution in [0.3, 0.4) is 0 Å². The maximum Gasteiger partial charge on any atom is 0.339 e. The Kier molecular flexibility index (Phi) is 3.28. The van der Waals surface area contributed by atoms with E-state index in [2.05, 4.69) is 4.98 Å². The molecule has 4 rings (SSSR count). The molecule has 2 aromatic carbocycles. The third-order valence-electron chi connectivity index (χ3n) is 4.09. The Hall–Kier alpha value is -3.61. The van der Waals surface area contributed by atoms with Crippen molar-refractivity contribution in [3.05, 3.63) is 92.1 Å². The standard InChI is InChI=1S/C18H12N2O5/c21-15-13(14-11-8-4-5-9-12(11)17(23)25-14)16(22)20(18(24)19-15)10-6-2-1-3-7-10/h1-9,14,22H,(H,19,21,24)/t14-/m1/s1. The van der Waals surface area contributed by atoms with E-state index in [0.29, 0.717) is 16.8 Å². The number of hydrogen-bond donors (Lipinski definition) is 2. The second kappa shape index (κ2) is 5.48. The van der Waals surface area contributed by atoms with Crippen LogP contribution in [0.1, 0.15) is 27.6 Å². The lowest BCUT2D eigenvalue weighted by Crippen LogP contribution is -2.32. The number of H-pyrrole nitrogens is 1. The highest BCUT2D eigenvalue weighted by Gasteiger charge is 2.36. The van der Waals surface area contributed by atoms with Gasteiger partial charge in [-0.05, 0) is 18.2 Å². The van der Waals surface area contributed by atoms with Gasteiger partial charge in [0.15, 0.2) is 6.10 Å². The molecular weight excluding hydrogens is 324 g/mol. The molecule has 0 saturated carbocycles. The average Bonchev–Trinajstić information content (AvgIpc) is 2.93. The Balaban J connectivity index is 1.98. The van der Waals surface area contributed by atoms with Crippen molar-refractivity contribution in [3.63, 3.8) is 0 Å². The lowest BCUT2D eigenvalue weighted by molar-refractivity contribution is 0.0449. The second-order valence-corrected chi connectivity index (χ2v) is 5.54. The van der Waals surface area contributed by atoms with Gasteiger partial charge in [0, 0.05) is 5.56 Å². The highest BCUT2D eigenvalue weighted by atomic mass is 16.5. The van der Waals surface area contributed by atoms with Gasteiger partial charge in [-0.3, -0.25) is 9.78 Å². The first kappa shape index (κ1) is 14.9. The number of ether oxygens (including phenoxy) is 1. The largest absolute Gasteiger partial charge is 0.494 e. The number of aromatic amines is 1. The van der Waals surface area contributed by atoms with Crippen molar-refractivity contribution in [1.82, 2.24) is 9.55 Å². The first-order chi connectivity index (χ1) is 12.1. The predicted octanol–water partition coefficient (Wildman–Crippen LogP) is 1.49. The Morgan fingerprint density at radius 2 is 1.64 bits per heavy atom. The lowest BCUT2D eigenvalue weighted by atomic mass is 10.0. The first-order valence-corrected chi connectivity index (χ1v) is 7.51. The molecule has 0 amide bonds. The molecule has 2 heterocycles. The van der Waals surface area contributed by atoms with E-state index in [1.807, 2.05) is 0 Å². The van der Waals surface area contributed by atoms with E-state index in [0.717, 1.165) is 4.57 Å². The van der Waals surface area contributed by atoms with E-state index in [1.165, 1.54) is 0 Å². The molecule has 124 valence electrons. The van der Waals surface area contributed by atoms with Crippen molar-refractivity contribution in [3.8, 4) is 11.6 Å². The summed E-state index contributed by atoms with van der Waals surface area (Å²) in [6, 6.07) is 15.0. The fraction of sp³-hybridized carbons (Fsp3) is 0.0556. The topological polar surface area (TPSA) is 101 Å². The highest BCUT2D eigenvalue weighted by Crippen LogP contribution is 2.37. The Bertz CT molecular complexity index is 1100. The number of nitrogens with zero attached hydrogens (tertiary/aromatic N) is 1. The lowest BCUT2D eigenvalue weighted by Gasteiger charge is -2.15. The zero-order valence-electron chi connectivity index (χ0n) is 12.8. The molecule has 0 fully saturated rings. The number of carbonyl (C=O) groups excluding carboxylic acids is 1. The number of rotatable bonds is 2. The van der Waals surface area contributed by atoms with Crippen LogP contribution < -0.4 is 11.2 Å². The minimum atomic E-state index is -1.08. The Labute approximate surface area is 140 Å². The minimum absolute atomic E-state index is 0.193. The molecule has 3 aromatic rings. The minimum Gasteiger partial charge on any atom is -0.494 e. The summed E-state index contributed by atoms with van der Waals surface area (Å²) in [5.74, 6) is -1.15. The molecule has 1 aromatic heterocycles. The SMILES string of the molecule is O=C1O[C@@H](c2c(O)n(-c3ccccc3)c(=O)[nH]c2=O)c2ccccc21. The van der Waals surface area contributed by atoms with Crippen molar-refractivity contribution < 1.29 is 14.6 Å². The summed E-state index contributed by atoms with van der Waals surface area (Å²) in [4.78, 5) is 38.7. The van der Waals surface area contributed by atoms with Gasteiger partial charge in [-0.25, -0.2) is 14.2 Å². The molecule has 1 aliphatic rings. The molecule has 0 spiro atoms. The van der Waals surface area contributed by atoms with Crippen molar-refractivity contribution in [2.45, 2.75) is 6.10 Å². The number of aromatic nitrogens is 2. The summed E-state index contributed by atoms with van der Waals surface area (Å²) in [6.07, 6.45) is -1.08. The number of fused-ring (bicyclic) bond motifs is 1. The van der Waals surface area contributed by atoms with Gasteiger partial charge in [0.2, 0.25) is 5.88 Å². The van der Waals surface area contributed by atoms with Crippen molar-refractivity contribution in [2.75, 3.05) is 0 Å². The van der Waals surface area contributed by atoms with Gasteiger partial charge in [0.25, 0.3) is 5.56 Å². The number of nitrogens with one attached hydrogen (secondary N) is 1. The molecule has 1 aliphatic heterocycles. The summed E-state index contributed by atoms with van der Waals surface area (Å²) < 4.78 is 6.24. The van der Waals surface area contributed by atoms with Gasteiger partial charge in [0.05, 0.1) is 11.3 Å². The number of para-hydroxylation sites is 1. The fourth-order valence-corrected chi connectivity index (χ4v) is 2.95. The van der Waals surface area contributed by atoms with E-state index in [-0.39, 0.29) is 5.56 Å². The number of benzene rings is 2. The summed E-state index contributed by atoms with van der Waals surface area (Å²) in [5.41, 5.74) is -0.614. The van der Waals surface area contributed by atoms with E-state index in [4.69, 9.17) is 4.74 Å². The van der Waals surface area contributed by atoms with Gasteiger partial charge in [-0.15, -0.1) is 0 Å². The van der Waals surface area contributed by atoms with Gasteiger partial charge < -0.3 is 9.84 Å². The quantitative estimate of drug-likeness (QED) is 0.691. The number of aromatic hydroxyl groups is 1. The zero-order valence-corrected chi connectivity index (χ0v) is 12.8. The molecule has 0 radical (unpaired) electrons. The molecule has 0 unspecified atom stereocenters. The van der Waals surface area contributed by atoms with Gasteiger partial charge in [-0.1, -0.05) is 36.4 Å². The molecule has 25 heavy (non-hydrogen) atoms. The van der Waals surface area contributed by atoms with Crippen LogP contribution in [-0.4, -0.2) is 20.6 Å². The number of hydrogen-bond acceptors (Lipinski definition) is 5. The molecular formula is C18H12N2O5. The van der Waals surface area contributed by atoms with Gasteiger partial charge >= 0.3 is 11.7 Å². The summed E-state index contributed by atoms with van der Waals surface area (Å²) in [7, 11) is 0. The Morgan fingerprint density at radius 1 is 0.960 bits per heavy atom. The summed E-state index contributed by atoms with van der Waals surface area (Å²) >= 11 is 0. The van der Waals surface area contributed by atoms with E-state index < -0.39 is 29.2 Å². The number of carbonyl (C=O) groups is 1. The van der Waals surface area contributed by atoms with Crippen LogP contribution in [0.2, 0.25) is 0 Å². The summed E-state index contributed by atoms with van der Waals surface area (Å²) in [6.45, 7) is 0. The van der Waals surface area contributed by atoms with Crippen LogP contribution in [0.25, 0.3) is 5.69 Å². The first-order valence-electron chi connectivity index (χ1n) is 7.51. The maximum absolute atomic E-state index is 12.3. The van der Waals surface area contributed by atoms with Gasteiger partial charge in [0.1, 0.15) is 5.56 Å². The number of esters is 1. The highest BCUT2D eigenvalue weighted by molar-refractivity contribution is 5.94. The fourth-order valence-electron chi connectivity index (χ4n) is 2.95. The Morgan fingerprint density at radius 3 is 2.40 bits per heavy atom. The van der Waals surface area contributed by atoms with Crippen LogP contribution in [0.5, 0.6) is 5.88 Å². The van der Waals surface area contributed by atoms with Crippen molar-refractivity contribution in [2.24, 2.45) is 0 Å². The summed E-state index contributed by atoms with van der Waals surface area (Å²) in [5, 5.41) is 10.6. The molecule has 7 nitrogen and oxygen atoms in total. The number of cyclic esters (lactones) is 1. The third kappa shape index (κ3) is 2.25. The molecule has 7 heteroatoms. The van der Waals surface area contributed by atoms with Crippen LogP contribution >= 0.6 is 0 Å². The molecule has 0 bridgehead atoms. The van der Waals surface area contributed by atoms with E-state index >= 15 is 0 Å². The second-order valence-electron chi connectivity index (χ2n) is 5.54. The van der Waals surface area contributed by atoms with Crippen LogP contribution in [-0.2, 0) is 4.74 Å². The predicted molar refractivity (Wildman–Crippen MR) is 88.0 cm³/mol. The van der Waals surface area contributed by atoms with Crippen LogP contribution in [0.4, 0.5) is 0 Å². The molecule has 0 saturated heterocycles. The maximum atomic E-state index is 12.3. The van der Waals surface area contributed by atoms with Crippen LogP contribution in [0, 0.1) is 0 Å². The smallest absolute Gasteiger partial charge is 0.339 e. The van der Waals surface area contributed by atoms with Crippen molar-refractivity contribution in [1.29, 1.82) is 0 Å². The molecule has 1 atom stereocenters. The van der Waals surface area contributed by atoms with Gasteiger partial charge in [-0.2, -0.15) is 0 Å². The molecule has 0 aliphatic carbocycles. The van der Waals surface area contributed by atoms with E-state index in [9.17, 15) is 19.5 Å².